The van der Waals surface area contributed by atoms with Crippen LogP contribution >= 0.6 is 8.20 Å². The van der Waals surface area contributed by atoms with Crippen molar-refractivity contribution in [1.82, 2.24) is 0 Å². The van der Waals surface area contributed by atoms with E-state index in [0.29, 0.717) is 0 Å². The van der Waals surface area contributed by atoms with Gasteiger partial charge in [0.2, 0.25) is 0 Å². The van der Waals surface area contributed by atoms with Crippen LogP contribution in [0.3, 0.4) is 0 Å². The lowest BCUT2D eigenvalue weighted by Crippen LogP contribution is -1.81. The molecule has 0 radical (unpaired) electrons. The van der Waals surface area contributed by atoms with Crippen LogP contribution in [-0.4, -0.2) is 5.80 Å². The number of rotatable bonds is 3. The zero-order valence-corrected chi connectivity index (χ0v) is 8.83. The smallest absolute Gasteiger partial charge is 0.00270 e. The Hall–Kier alpha value is -0.350. The van der Waals surface area contributed by atoms with Gasteiger partial charge in [-0.25, -0.2) is 0 Å². The molecule has 0 aromatic carbocycles. The van der Waals surface area contributed by atoms with Crippen molar-refractivity contribution >= 4 is 14.0 Å². The van der Waals surface area contributed by atoms with Crippen molar-refractivity contribution in [1.29, 1.82) is 0 Å². The van der Waals surface area contributed by atoms with E-state index in [9.17, 15) is 0 Å². The molecule has 0 aromatic rings. The molecule has 0 aromatic heterocycles. The Morgan fingerprint density at radius 1 is 1.45 bits per heavy atom. The van der Waals surface area contributed by atoms with Gasteiger partial charge < -0.3 is 0 Å². The first-order chi connectivity index (χ1) is 5.13. The maximum absolute atomic E-state index is 4.03. The standard InChI is InChI=1S/C10H17P/c1-6-9(5)10(8(3)4)11-7-2/h7H,5-6H2,1-4H3. The summed E-state index contributed by atoms with van der Waals surface area (Å²) in [4.78, 5) is 0. The summed E-state index contributed by atoms with van der Waals surface area (Å²) in [6, 6.07) is 0. The van der Waals surface area contributed by atoms with Gasteiger partial charge in [0.1, 0.15) is 0 Å². The van der Waals surface area contributed by atoms with E-state index in [1.54, 1.807) is 0 Å². The third kappa shape index (κ3) is 3.53. The maximum Gasteiger partial charge on any atom is 0.00270 e. The molecule has 0 bridgehead atoms. The summed E-state index contributed by atoms with van der Waals surface area (Å²) in [5, 5.41) is 1.40. The van der Waals surface area contributed by atoms with Gasteiger partial charge in [-0.15, -0.1) is 0 Å². The van der Waals surface area contributed by atoms with Crippen molar-refractivity contribution in [2.24, 2.45) is 0 Å². The lowest BCUT2D eigenvalue weighted by Gasteiger charge is -2.04. The summed E-state index contributed by atoms with van der Waals surface area (Å²) >= 11 is 0. The molecule has 0 aliphatic heterocycles. The van der Waals surface area contributed by atoms with Crippen molar-refractivity contribution in [3.8, 4) is 0 Å². The van der Waals surface area contributed by atoms with Crippen LogP contribution in [0.25, 0.3) is 0 Å². The predicted molar refractivity (Wildman–Crippen MR) is 56.5 cm³/mol. The Labute approximate surface area is 71.8 Å². The molecular formula is C10H17P. The molecule has 0 spiro atoms. The Morgan fingerprint density at radius 2 is 2.00 bits per heavy atom. The second-order valence-corrected chi connectivity index (χ2v) is 3.91. The van der Waals surface area contributed by atoms with Gasteiger partial charge in [-0.3, -0.25) is 0 Å². The fourth-order valence-corrected chi connectivity index (χ4v) is 1.73. The molecule has 0 saturated carbocycles. The molecule has 0 aliphatic carbocycles. The van der Waals surface area contributed by atoms with Gasteiger partial charge in [-0.05, 0) is 32.8 Å². The molecule has 0 heterocycles. The quantitative estimate of drug-likeness (QED) is 0.441. The summed E-state index contributed by atoms with van der Waals surface area (Å²) in [6.45, 7) is 12.5. The third-order valence-electron chi connectivity index (χ3n) is 1.49. The monoisotopic (exact) mass is 168 g/mol. The SMILES string of the molecule is C=C(CC)C(P=CC)=C(C)C. The molecule has 62 valence electrons. The zero-order valence-electron chi connectivity index (χ0n) is 7.94. The van der Waals surface area contributed by atoms with Crippen LogP contribution < -0.4 is 0 Å². The highest BCUT2D eigenvalue weighted by atomic mass is 31.1. The second kappa shape index (κ2) is 5.32. The van der Waals surface area contributed by atoms with Crippen LogP contribution in [0.4, 0.5) is 0 Å². The van der Waals surface area contributed by atoms with Gasteiger partial charge in [-0.2, -0.15) is 0 Å². The van der Waals surface area contributed by atoms with E-state index in [1.165, 1.54) is 24.7 Å². The van der Waals surface area contributed by atoms with Crippen molar-refractivity contribution < 1.29 is 0 Å². The molecule has 1 heteroatoms. The molecule has 0 saturated heterocycles. The highest BCUT2D eigenvalue weighted by Crippen LogP contribution is 2.26. The fourth-order valence-electron chi connectivity index (χ4n) is 0.870. The van der Waals surface area contributed by atoms with Crippen LogP contribution in [0.2, 0.25) is 0 Å². The summed E-state index contributed by atoms with van der Waals surface area (Å²) < 4.78 is 0. The zero-order chi connectivity index (χ0) is 8.85. The Morgan fingerprint density at radius 3 is 2.27 bits per heavy atom. The lowest BCUT2D eigenvalue weighted by atomic mass is 10.1. The summed E-state index contributed by atoms with van der Waals surface area (Å²) in [5.41, 5.74) is 2.65. The van der Waals surface area contributed by atoms with Crippen molar-refractivity contribution in [2.75, 3.05) is 0 Å². The summed E-state index contributed by atoms with van der Waals surface area (Å²) in [5.74, 6) is 2.16. The van der Waals surface area contributed by atoms with Gasteiger partial charge in [0.05, 0.1) is 0 Å². The van der Waals surface area contributed by atoms with E-state index in [4.69, 9.17) is 0 Å². The predicted octanol–water partition coefficient (Wildman–Crippen LogP) is 4.01. The van der Waals surface area contributed by atoms with Gasteiger partial charge >= 0.3 is 0 Å². The van der Waals surface area contributed by atoms with Gasteiger partial charge in [0, 0.05) is 5.31 Å². The molecule has 0 rings (SSSR count). The van der Waals surface area contributed by atoms with Crippen LogP contribution in [0.5, 0.6) is 0 Å². The topological polar surface area (TPSA) is 0 Å². The minimum atomic E-state index is 1.06. The molecule has 0 N–H and O–H groups in total. The van der Waals surface area contributed by atoms with E-state index in [2.05, 4.69) is 40.1 Å². The first kappa shape index (κ1) is 10.7. The van der Waals surface area contributed by atoms with Crippen LogP contribution in [0.1, 0.15) is 34.1 Å². The number of hydrogen-bond donors (Lipinski definition) is 0. The van der Waals surface area contributed by atoms with E-state index in [-0.39, 0.29) is 0 Å². The maximum atomic E-state index is 4.03. The Kier molecular flexibility index (Phi) is 5.15. The Balaban J connectivity index is 4.63. The van der Waals surface area contributed by atoms with Gasteiger partial charge in [0.15, 0.2) is 0 Å². The first-order valence-corrected chi connectivity index (χ1v) is 4.94. The third-order valence-corrected chi connectivity index (χ3v) is 2.77. The Bertz CT molecular complexity index is 193. The molecular weight excluding hydrogens is 151 g/mol. The second-order valence-electron chi connectivity index (χ2n) is 2.69. The minimum absolute atomic E-state index is 1.06. The number of allylic oxidation sites excluding steroid dienone is 3. The molecule has 0 atom stereocenters. The minimum Gasteiger partial charge on any atom is -0.0949 e. The van der Waals surface area contributed by atoms with Crippen LogP contribution in [0, 0.1) is 0 Å². The molecule has 0 nitrogen and oxygen atoms in total. The van der Waals surface area contributed by atoms with Crippen molar-refractivity contribution in [3.05, 3.63) is 23.0 Å². The average Bonchev–Trinajstić information content (AvgIpc) is 1.98. The van der Waals surface area contributed by atoms with Crippen molar-refractivity contribution in [3.63, 3.8) is 0 Å². The van der Waals surface area contributed by atoms with Crippen LogP contribution in [-0.2, 0) is 0 Å². The largest absolute Gasteiger partial charge is 0.0949 e. The molecule has 11 heavy (non-hydrogen) atoms. The van der Waals surface area contributed by atoms with Crippen molar-refractivity contribution in [2.45, 2.75) is 34.1 Å². The molecule has 0 fully saturated rings. The summed E-state index contributed by atoms with van der Waals surface area (Å²) in [7, 11) is 1.30. The number of hydrogen-bond acceptors (Lipinski definition) is 0. The molecule has 0 unspecified atom stereocenters. The van der Waals surface area contributed by atoms with E-state index >= 15 is 0 Å². The fraction of sp³-hybridized carbons (Fsp3) is 0.500. The first-order valence-electron chi connectivity index (χ1n) is 3.97. The highest BCUT2D eigenvalue weighted by Gasteiger charge is 1.97. The lowest BCUT2D eigenvalue weighted by molar-refractivity contribution is 1.13. The van der Waals surface area contributed by atoms with Crippen LogP contribution in [0.15, 0.2) is 23.0 Å². The van der Waals surface area contributed by atoms with E-state index < -0.39 is 0 Å². The summed E-state index contributed by atoms with van der Waals surface area (Å²) in [6.07, 6.45) is 1.06. The normalized spacial score (nSPS) is 10.2. The van der Waals surface area contributed by atoms with Gasteiger partial charge in [-0.1, -0.05) is 33.1 Å². The van der Waals surface area contributed by atoms with E-state index in [1.807, 2.05) is 0 Å². The highest BCUT2D eigenvalue weighted by molar-refractivity contribution is 7.43. The molecule has 0 aliphatic rings. The van der Waals surface area contributed by atoms with E-state index in [0.717, 1.165) is 6.42 Å². The van der Waals surface area contributed by atoms with Gasteiger partial charge in [0.25, 0.3) is 0 Å². The average molecular weight is 168 g/mol. The molecule has 0 amide bonds.